The second-order valence-corrected chi connectivity index (χ2v) is 8.13. The molecule has 1 aliphatic rings. The highest BCUT2D eigenvalue weighted by Crippen LogP contribution is 2.37. The van der Waals surface area contributed by atoms with Gasteiger partial charge in [-0.15, -0.1) is 0 Å². The van der Waals surface area contributed by atoms with Crippen molar-refractivity contribution in [2.45, 2.75) is 38.5 Å². The zero-order valence-electron chi connectivity index (χ0n) is 18.6. The van der Waals surface area contributed by atoms with E-state index in [1.165, 1.54) is 6.07 Å². The summed E-state index contributed by atoms with van der Waals surface area (Å²) in [6, 6.07) is 16.7. The summed E-state index contributed by atoms with van der Waals surface area (Å²) in [4.78, 5) is 2.25. The van der Waals surface area contributed by atoms with E-state index in [9.17, 15) is 9.50 Å². The van der Waals surface area contributed by atoms with Gasteiger partial charge in [0.2, 0.25) is 5.88 Å². The molecule has 1 N–H and O–H groups in total. The molecule has 7 heteroatoms. The second kappa shape index (κ2) is 10.3. The van der Waals surface area contributed by atoms with Gasteiger partial charge in [-0.3, -0.25) is 4.90 Å². The molecule has 3 aromatic rings. The first-order valence-electron chi connectivity index (χ1n) is 11.1. The molecule has 2 aromatic carbocycles. The van der Waals surface area contributed by atoms with Crippen molar-refractivity contribution in [3.63, 3.8) is 0 Å². The first kappa shape index (κ1) is 22.5. The molecule has 1 saturated carbocycles. The Morgan fingerprint density at radius 3 is 2.56 bits per heavy atom. The average Bonchev–Trinajstić information content (AvgIpc) is 3.60. The van der Waals surface area contributed by atoms with Crippen molar-refractivity contribution in [2.24, 2.45) is 7.05 Å². The molecule has 0 aliphatic heterocycles. The molecule has 1 fully saturated rings. The first-order valence-corrected chi connectivity index (χ1v) is 11.1. The predicted molar refractivity (Wildman–Crippen MR) is 121 cm³/mol. The normalized spacial score (nSPS) is 14.7. The quantitative estimate of drug-likeness (QED) is 0.481. The molecule has 170 valence electrons. The third kappa shape index (κ3) is 5.35. The third-order valence-electron chi connectivity index (χ3n) is 5.56. The second-order valence-electron chi connectivity index (χ2n) is 8.13. The molecule has 6 nitrogen and oxygen atoms in total. The van der Waals surface area contributed by atoms with Gasteiger partial charge in [-0.05, 0) is 31.9 Å². The summed E-state index contributed by atoms with van der Waals surface area (Å²) in [6.45, 7) is 3.82. The fourth-order valence-corrected chi connectivity index (χ4v) is 3.84. The molecule has 1 heterocycles. The maximum absolute atomic E-state index is 14.3. The summed E-state index contributed by atoms with van der Waals surface area (Å²) in [7, 11) is 1.80. The maximum Gasteiger partial charge on any atom is 0.222 e. The molecule has 1 aliphatic carbocycles. The number of rotatable bonds is 11. The number of hydrogen-bond donors (Lipinski definition) is 1. The number of aromatic nitrogens is 2. The van der Waals surface area contributed by atoms with Crippen LogP contribution in [0.15, 0.2) is 54.6 Å². The van der Waals surface area contributed by atoms with Gasteiger partial charge in [-0.25, -0.2) is 9.07 Å². The summed E-state index contributed by atoms with van der Waals surface area (Å²) in [5.41, 5.74) is 2.63. The molecule has 1 aromatic heterocycles. The number of para-hydroxylation sites is 1. The van der Waals surface area contributed by atoms with Crippen molar-refractivity contribution < 1.29 is 19.0 Å². The highest BCUT2D eigenvalue weighted by atomic mass is 19.1. The minimum Gasteiger partial charge on any atom is -0.436 e. The first-order chi connectivity index (χ1) is 15.6. The van der Waals surface area contributed by atoms with Gasteiger partial charge < -0.3 is 14.6 Å². The van der Waals surface area contributed by atoms with E-state index in [1.54, 1.807) is 29.9 Å². The van der Waals surface area contributed by atoms with Gasteiger partial charge in [0, 0.05) is 38.3 Å². The molecule has 0 unspecified atom stereocenters. The summed E-state index contributed by atoms with van der Waals surface area (Å²) in [6.07, 6.45) is 1.60. The molecule has 0 amide bonds. The van der Waals surface area contributed by atoms with E-state index in [0.29, 0.717) is 38.2 Å². The van der Waals surface area contributed by atoms with Gasteiger partial charge >= 0.3 is 0 Å². The van der Waals surface area contributed by atoms with Crippen molar-refractivity contribution in [1.29, 1.82) is 0 Å². The molecule has 32 heavy (non-hydrogen) atoms. The van der Waals surface area contributed by atoms with Crippen LogP contribution in [0.3, 0.4) is 0 Å². The number of ether oxygens (including phenoxy) is 2. The lowest BCUT2D eigenvalue weighted by molar-refractivity contribution is 0.0178. The minimum atomic E-state index is -0.580. The Morgan fingerprint density at radius 2 is 1.88 bits per heavy atom. The van der Waals surface area contributed by atoms with Crippen molar-refractivity contribution >= 4 is 0 Å². The molecule has 4 rings (SSSR count). The topological polar surface area (TPSA) is 59.8 Å². The number of benzene rings is 2. The van der Waals surface area contributed by atoms with Gasteiger partial charge in [0.05, 0.1) is 18.3 Å². The molecule has 1 atom stereocenters. The van der Waals surface area contributed by atoms with E-state index in [0.717, 1.165) is 29.7 Å². The molecular formula is C25H30FN3O3. The van der Waals surface area contributed by atoms with Gasteiger partial charge in [-0.1, -0.05) is 42.5 Å². The molecule has 0 spiro atoms. The Labute approximate surface area is 188 Å². The Hall–Kier alpha value is -2.74. The van der Waals surface area contributed by atoms with Crippen LogP contribution in [-0.4, -0.2) is 51.7 Å². The van der Waals surface area contributed by atoms with Crippen LogP contribution >= 0.6 is 0 Å². The summed E-state index contributed by atoms with van der Waals surface area (Å²) in [5, 5.41) is 15.2. The molecule has 0 radical (unpaired) electrons. The maximum atomic E-state index is 14.3. The van der Waals surface area contributed by atoms with E-state index in [-0.39, 0.29) is 5.75 Å². The molecular weight excluding hydrogens is 409 g/mol. The summed E-state index contributed by atoms with van der Waals surface area (Å²) >= 11 is 0. The van der Waals surface area contributed by atoms with Crippen molar-refractivity contribution in [3.8, 4) is 22.9 Å². The molecule has 0 bridgehead atoms. The average molecular weight is 440 g/mol. The number of aliphatic hydroxyl groups is 1. The Balaban J connectivity index is 1.68. The van der Waals surface area contributed by atoms with Crippen LogP contribution in [0.4, 0.5) is 4.39 Å². The van der Waals surface area contributed by atoms with Gasteiger partial charge in [0.15, 0.2) is 11.6 Å². The van der Waals surface area contributed by atoms with Crippen LogP contribution in [0.25, 0.3) is 11.3 Å². The number of aryl methyl sites for hydroxylation is 1. The minimum absolute atomic E-state index is 0.158. The Bertz CT molecular complexity index is 1020. The Kier molecular flexibility index (Phi) is 7.19. The number of aliphatic hydroxyl groups excluding tert-OH is 1. The van der Waals surface area contributed by atoms with E-state index in [4.69, 9.17) is 14.6 Å². The van der Waals surface area contributed by atoms with Crippen molar-refractivity contribution in [2.75, 3.05) is 19.8 Å². The number of halogens is 1. The highest BCUT2D eigenvalue weighted by Gasteiger charge is 2.33. The van der Waals surface area contributed by atoms with E-state index >= 15 is 0 Å². The summed E-state index contributed by atoms with van der Waals surface area (Å²) < 4.78 is 27.5. The largest absolute Gasteiger partial charge is 0.436 e. The lowest BCUT2D eigenvalue weighted by atomic mass is 10.1. The lowest BCUT2D eigenvalue weighted by Crippen LogP contribution is -2.36. The van der Waals surface area contributed by atoms with E-state index in [1.807, 2.05) is 37.3 Å². The Morgan fingerprint density at radius 1 is 1.16 bits per heavy atom. The van der Waals surface area contributed by atoms with Gasteiger partial charge in [0.1, 0.15) is 5.69 Å². The van der Waals surface area contributed by atoms with Crippen LogP contribution in [-0.2, 0) is 18.3 Å². The van der Waals surface area contributed by atoms with Crippen molar-refractivity contribution in [1.82, 2.24) is 14.7 Å². The fourth-order valence-electron chi connectivity index (χ4n) is 3.84. The zero-order chi connectivity index (χ0) is 22.5. The van der Waals surface area contributed by atoms with Gasteiger partial charge in [0.25, 0.3) is 0 Å². The van der Waals surface area contributed by atoms with Crippen LogP contribution < -0.4 is 4.74 Å². The van der Waals surface area contributed by atoms with Gasteiger partial charge in [-0.2, -0.15) is 5.10 Å². The van der Waals surface area contributed by atoms with Crippen LogP contribution in [0.5, 0.6) is 11.6 Å². The predicted octanol–water partition coefficient (Wildman–Crippen LogP) is 4.38. The molecule has 0 saturated heterocycles. The lowest BCUT2D eigenvalue weighted by Gasteiger charge is -2.25. The van der Waals surface area contributed by atoms with Crippen LogP contribution in [0.1, 0.15) is 25.3 Å². The third-order valence-corrected chi connectivity index (χ3v) is 5.56. The highest BCUT2D eigenvalue weighted by molar-refractivity contribution is 5.65. The van der Waals surface area contributed by atoms with Crippen LogP contribution in [0, 0.1) is 5.82 Å². The number of hydrogen-bond acceptors (Lipinski definition) is 5. The smallest absolute Gasteiger partial charge is 0.222 e. The SMILES string of the molecule is CCOC[C@H](O)CN(Cc1c(-c2ccccc2)nn(C)c1Oc1ccccc1F)C1CC1. The number of nitrogens with zero attached hydrogens (tertiary/aromatic N) is 3. The van der Waals surface area contributed by atoms with E-state index < -0.39 is 11.9 Å². The van der Waals surface area contributed by atoms with Crippen molar-refractivity contribution in [3.05, 3.63) is 66.0 Å². The monoisotopic (exact) mass is 439 g/mol. The zero-order valence-corrected chi connectivity index (χ0v) is 18.6. The summed E-state index contributed by atoms with van der Waals surface area (Å²) in [5.74, 6) is 0.233. The fraction of sp³-hybridized carbons (Fsp3) is 0.400. The van der Waals surface area contributed by atoms with E-state index in [2.05, 4.69) is 4.90 Å². The standard InChI is InChI=1S/C25H30FN3O3/c1-3-31-17-20(30)15-29(19-13-14-19)16-21-24(18-9-5-4-6-10-18)27-28(2)25(21)32-23-12-8-7-11-22(23)26/h4-12,19-20,30H,3,13-17H2,1-2H3/t20-/m1/s1. The van der Waals surface area contributed by atoms with Crippen LogP contribution in [0.2, 0.25) is 0 Å².